The van der Waals surface area contributed by atoms with Gasteiger partial charge in [-0.2, -0.15) is 0 Å². The van der Waals surface area contributed by atoms with Gasteiger partial charge in [-0.25, -0.2) is 4.79 Å². The maximum Gasteiger partial charge on any atom is 0.340 e. The quantitative estimate of drug-likeness (QED) is 0.661. The molecule has 0 saturated heterocycles. The molecule has 0 aliphatic carbocycles. The number of phenolic OH excluding ortho intramolecular Hbond substituents is 2. The van der Waals surface area contributed by atoms with Crippen molar-refractivity contribution in [2.45, 2.75) is 26.4 Å². The zero-order chi connectivity index (χ0) is 19.3. The molecule has 3 aromatic carbocycles. The summed E-state index contributed by atoms with van der Waals surface area (Å²) in [5.74, 6) is -0.0902. The molecule has 0 amide bonds. The van der Waals surface area contributed by atoms with Crippen molar-refractivity contribution in [2.75, 3.05) is 0 Å². The van der Waals surface area contributed by atoms with Crippen LogP contribution >= 0.6 is 0 Å². The minimum absolute atomic E-state index is 0.139. The third-order valence-corrected chi connectivity index (χ3v) is 5.54. The Morgan fingerprint density at radius 2 is 1.26 bits per heavy atom. The fourth-order valence-corrected chi connectivity index (χ4v) is 3.86. The van der Waals surface area contributed by atoms with E-state index in [0.29, 0.717) is 5.56 Å². The molecule has 0 bridgehead atoms. The van der Waals surface area contributed by atoms with Gasteiger partial charge < -0.3 is 14.9 Å². The van der Waals surface area contributed by atoms with Gasteiger partial charge in [0.05, 0.1) is 5.56 Å². The predicted molar refractivity (Wildman–Crippen MR) is 102 cm³/mol. The third kappa shape index (κ3) is 2.40. The van der Waals surface area contributed by atoms with Crippen LogP contribution in [0.4, 0.5) is 0 Å². The van der Waals surface area contributed by atoms with Crippen LogP contribution < -0.4 is 0 Å². The maximum absolute atomic E-state index is 12.9. The summed E-state index contributed by atoms with van der Waals surface area (Å²) < 4.78 is 6.06. The van der Waals surface area contributed by atoms with Gasteiger partial charge in [-0.05, 0) is 61.7 Å². The molecule has 0 fully saturated rings. The van der Waals surface area contributed by atoms with Crippen LogP contribution in [0.15, 0.2) is 54.6 Å². The maximum atomic E-state index is 12.9. The molecule has 0 saturated carbocycles. The van der Waals surface area contributed by atoms with Crippen LogP contribution in [0.3, 0.4) is 0 Å². The van der Waals surface area contributed by atoms with Gasteiger partial charge in [0, 0.05) is 16.7 Å². The number of phenols is 2. The third-order valence-electron chi connectivity index (χ3n) is 5.54. The van der Waals surface area contributed by atoms with Gasteiger partial charge in [-0.15, -0.1) is 0 Å². The van der Waals surface area contributed by atoms with Crippen molar-refractivity contribution in [2.24, 2.45) is 0 Å². The number of benzene rings is 3. The Morgan fingerprint density at radius 1 is 0.778 bits per heavy atom. The number of esters is 1. The van der Waals surface area contributed by atoms with Crippen LogP contribution in [-0.2, 0) is 10.3 Å². The topological polar surface area (TPSA) is 66.8 Å². The summed E-state index contributed by atoms with van der Waals surface area (Å²) in [7, 11) is 0. The molecule has 0 radical (unpaired) electrons. The van der Waals surface area contributed by atoms with Crippen molar-refractivity contribution in [1.82, 2.24) is 0 Å². The average Bonchev–Trinajstić information content (AvgIpc) is 2.94. The molecule has 4 nitrogen and oxygen atoms in total. The van der Waals surface area contributed by atoms with E-state index in [1.165, 1.54) is 0 Å². The van der Waals surface area contributed by atoms with E-state index >= 15 is 0 Å². The van der Waals surface area contributed by atoms with E-state index in [2.05, 4.69) is 0 Å². The summed E-state index contributed by atoms with van der Waals surface area (Å²) in [5.41, 5.74) is 4.76. The first kappa shape index (κ1) is 17.2. The molecular weight excluding hydrogens is 340 g/mol. The molecule has 3 aromatic rings. The lowest BCUT2D eigenvalue weighted by Gasteiger charge is -2.30. The van der Waals surface area contributed by atoms with E-state index in [1.807, 2.05) is 26.8 Å². The number of aryl methyl sites for hydroxylation is 1. The highest BCUT2D eigenvalue weighted by Crippen LogP contribution is 2.49. The molecule has 1 aliphatic rings. The number of ether oxygens (including phenoxy) is 1. The number of carbonyl (C=O) groups is 1. The summed E-state index contributed by atoms with van der Waals surface area (Å²) >= 11 is 0. The average molecular weight is 360 g/mol. The predicted octanol–water partition coefficient (Wildman–Crippen LogP) is 4.49. The van der Waals surface area contributed by atoms with Crippen LogP contribution in [0.1, 0.15) is 43.7 Å². The second-order valence-electron chi connectivity index (χ2n) is 7.03. The Morgan fingerprint density at radius 3 is 1.74 bits per heavy atom. The minimum atomic E-state index is -1.13. The van der Waals surface area contributed by atoms with Crippen molar-refractivity contribution < 1.29 is 19.7 Å². The number of cyclic esters (lactones) is 1. The molecule has 2 N–H and O–H groups in total. The number of aromatic hydroxyl groups is 2. The van der Waals surface area contributed by atoms with Gasteiger partial charge in [-0.1, -0.05) is 30.3 Å². The first-order chi connectivity index (χ1) is 12.8. The van der Waals surface area contributed by atoms with Gasteiger partial charge >= 0.3 is 5.97 Å². The second-order valence-corrected chi connectivity index (χ2v) is 7.03. The number of rotatable bonds is 2. The van der Waals surface area contributed by atoms with E-state index in [1.54, 1.807) is 48.5 Å². The molecule has 0 unspecified atom stereocenters. The largest absolute Gasteiger partial charge is 0.508 e. The molecule has 136 valence electrons. The van der Waals surface area contributed by atoms with Crippen molar-refractivity contribution in [1.29, 1.82) is 0 Å². The van der Waals surface area contributed by atoms with Gasteiger partial charge in [-0.3, -0.25) is 0 Å². The molecule has 0 atom stereocenters. The lowest BCUT2D eigenvalue weighted by atomic mass is 9.78. The number of hydrogen-bond acceptors (Lipinski definition) is 4. The molecule has 4 rings (SSSR count). The van der Waals surface area contributed by atoms with E-state index in [4.69, 9.17) is 4.74 Å². The normalized spacial score (nSPS) is 14.7. The molecule has 1 aliphatic heterocycles. The lowest BCUT2D eigenvalue weighted by molar-refractivity contribution is 0.0251. The molecular formula is C23H20O4. The summed E-state index contributed by atoms with van der Waals surface area (Å²) in [6.45, 7) is 5.95. The monoisotopic (exact) mass is 360 g/mol. The van der Waals surface area contributed by atoms with Gasteiger partial charge in [0.15, 0.2) is 5.60 Å². The Hall–Kier alpha value is -3.27. The van der Waals surface area contributed by atoms with E-state index in [9.17, 15) is 15.0 Å². The Bertz CT molecular complexity index is 1000. The highest BCUT2D eigenvalue weighted by atomic mass is 16.6. The van der Waals surface area contributed by atoms with Crippen LogP contribution in [0.2, 0.25) is 0 Å². The zero-order valence-electron chi connectivity index (χ0n) is 15.4. The summed E-state index contributed by atoms with van der Waals surface area (Å²) in [6.07, 6.45) is 0. The standard InChI is InChI=1S/C23H20O4/c1-13-12-20-21(15(3)14(13)2)22(26)27-23(20,16-4-8-18(24)9-5-16)17-6-10-19(25)11-7-17/h4-12,24-25H,1-3H3. The number of carbonyl (C=O) groups excluding carboxylic acids is 1. The highest BCUT2D eigenvalue weighted by Gasteiger charge is 2.49. The molecule has 1 heterocycles. The van der Waals surface area contributed by atoms with Crippen molar-refractivity contribution in [3.63, 3.8) is 0 Å². The van der Waals surface area contributed by atoms with Crippen LogP contribution in [-0.4, -0.2) is 16.2 Å². The smallest absolute Gasteiger partial charge is 0.340 e. The Kier molecular flexibility index (Phi) is 3.74. The van der Waals surface area contributed by atoms with Gasteiger partial charge in [0.1, 0.15) is 11.5 Å². The van der Waals surface area contributed by atoms with Gasteiger partial charge in [0.25, 0.3) is 0 Å². The van der Waals surface area contributed by atoms with Gasteiger partial charge in [0.2, 0.25) is 0 Å². The SMILES string of the molecule is Cc1cc2c(c(C)c1C)C(=O)OC2(c1ccc(O)cc1)c1ccc(O)cc1. The van der Waals surface area contributed by atoms with Crippen LogP contribution in [0, 0.1) is 20.8 Å². The summed E-state index contributed by atoms with van der Waals surface area (Å²) in [5, 5.41) is 19.4. The van der Waals surface area contributed by atoms with Crippen LogP contribution in [0.25, 0.3) is 0 Å². The number of fused-ring (bicyclic) bond motifs is 1. The Labute approximate surface area is 157 Å². The molecule has 27 heavy (non-hydrogen) atoms. The molecule has 0 aromatic heterocycles. The van der Waals surface area contributed by atoms with Crippen molar-refractivity contribution in [3.05, 3.63) is 93.5 Å². The minimum Gasteiger partial charge on any atom is -0.508 e. The first-order valence-electron chi connectivity index (χ1n) is 8.78. The van der Waals surface area contributed by atoms with E-state index < -0.39 is 5.60 Å². The highest BCUT2D eigenvalue weighted by molar-refractivity contribution is 5.98. The lowest BCUT2D eigenvalue weighted by Crippen LogP contribution is -2.29. The summed E-state index contributed by atoms with van der Waals surface area (Å²) in [6, 6.07) is 15.4. The summed E-state index contributed by atoms with van der Waals surface area (Å²) in [4.78, 5) is 12.9. The van der Waals surface area contributed by atoms with Crippen molar-refractivity contribution >= 4 is 5.97 Å². The second kappa shape index (κ2) is 5.88. The fraction of sp³-hybridized carbons (Fsp3) is 0.174. The number of hydrogen-bond donors (Lipinski definition) is 2. The van der Waals surface area contributed by atoms with E-state index in [-0.39, 0.29) is 17.5 Å². The van der Waals surface area contributed by atoms with E-state index in [0.717, 1.165) is 33.4 Å². The van der Waals surface area contributed by atoms with Crippen LogP contribution in [0.5, 0.6) is 11.5 Å². The fourth-order valence-electron chi connectivity index (χ4n) is 3.86. The molecule has 0 spiro atoms. The first-order valence-corrected chi connectivity index (χ1v) is 8.78. The zero-order valence-corrected chi connectivity index (χ0v) is 15.4. The Balaban J connectivity index is 2.10. The molecule has 4 heteroatoms. The van der Waals surface area contributed by atoms with Crippen molar-refractivity contribution in [3.8, 4) is 11.5 Å².